The number of alkyl halides is 2. The van der Waals surface area contributed by atoms with Gasteiger partial charge in [-0.3, -0.25) is 9.69 Å². The van der Waals surface area contributed by atoms with Crippen LogP contribution >= 0.6 is 0 Å². The van der Waals surface area contributed by atoms with E-state index in [0.29, 0.717) is 11.4 Å². The first kappa shape index (κ1) is 11.0. The molecule has 0 spiro atoms. The molecule has 1 amide bonds. The molecule has 2 heterocycles. The van der Waals surface area contributed by atoms with Crippen molar-refractivity contribution in [3.63, 3.8) is 0 Å². The van der Waals surface area contributed by atoms with E-state index < -0.39 is 18.3 Å². The topological polar surface area (TPSA) is 33.2 Å². The van der Waals surface area contributed by atoms with Crippen LogP contribution in [0.3, 0.4) is 0 Å². The van der Waals surface area contributed by atoms with E-state index in [1.165, 1.54) is 4.90 Å². The first-order chi connectivity index (χ1) is 7.47. The van der Waals surface area contributed by atoms with Crippen LogP contribution < -0.4 is 4.90 Å². The number of pyridine rings is 1. The van der Waals surface area contributed by atoms with Crippen molar-refractivity contribution in [3.05, 3.63) is 23.9 Å². The van der Waals surface area contributed by atoms with Crippen molar-refractivity contribution >= 4 is 11.7 Å². The van der Waals surface area contributed by atoms with Gasteiger partial charge in [0, 0.05) is 25.2 Å². The van der Waals surface area contributed by atoms with Crippen LogP contribution in [0.2, 0.25) is 0 Å². The van der Waals surface area contributed by atoms with Crippen LogP contribution in [0.4, 0.5) is 14.6 Å². The molecule has 0 N–H and O–H groups in total. The predicted molar refractivity (Wildman–Crippen MR) is 55.6 cm³/mol. The molecule has 1 atom stereocenters. The van der Waals surface area contributed by atoms with Gasteiger partial charge in [-0.2, -0.15) is 0 Å². The summed E-state index contributed by atoms with van der Waals surface area (Å²) in [6, 6.07) is 3.35. The van der Waals surface area contributed by atoms with Crippen LogP contribution in [0.15, 0.2) is 18.3 Å². The number of carbonyl (C=O) groups excluding carboxylic acids is 1. The second-order valence-electron chi connectivity index (χ2n) is 4.17. The van der Waals surface area contributed by atoms with E-state index >= 15 is 0 Å². The molecule has 16 heavy (non-hydrogen) atoms. The maximum absolute atomic E-state index is 12.5. The smallest absolute Gasteiger partial charge is 0.240 e. The Hall–Kier alpha value is -1.52. The molecule has 0 fully saturated rings. The van der Waals surface area contributed by atoms with E-state index in [0.717, 1.165) is 0 Å². The zero-order chi connectivity index (χ0) is 11.9. The van der Waals surface area contributed by atoms with E-state index in [2.05, 4.69) is 4.98 Å². The zero-order valence-corrected chi connectivity index (χ0v) is 9.08. The number of likely N-dealkylation sites (N-methyl/N-ethyl adjacent to an activating group) is 1. The molecule has 0 bridgehead atoms. The van der Waals surface area contributed by atoms with Gasteiger partial charge in [-0.25, -0.2) is 13.8 Å². The summed E-state index contributed by atoms with van der Waals surface area (Å²) in [7, 11) is 1.56. The van der Waals surface area contributed by atoms with Gasteiger partial charge in [0.05, 0.1) is 5.41 Å². The molecule has 2 rings (SSSR count). The quantitative estimate of drug-likeness (QED) is 0.772. The Morgan fingerprint density at radius 2 is 2.25 bits per heavy atom. The number of rotatable bonds is 2. The molecule has 0 aromatic carbocycles. The molecule has 0 radical (unpaired) electrons. The van der Waals surface area contributed by atoms with Gasteiger partial charge < -0.3 is 0 Å². The van der Waals surface area contributed by atoms with Gasteiger partial charge in [0.2, 0.25) is 12.3 Å². The van der Waals surface area contributed by atoms with Gasteiger partial charge >= 0.3 is 0 Å². The summed E-state index contributed by atoms with van der Waals surface area (Å²) >= 11 is 0. The summed E-state index contributed by atoms with van der Waals surface area (Å²) in [5, 5.41) is 0. The lowest BCUT2D eigenvalue weighted by molar-refractivity contribution is -0.123. The Morgan fingerprint density at radius 1 is 1.56 bits per heavy atom. The van der Waals surface area contributed by atoms with Gasteiger partial charge in [-0.1, -0.05) is 6.07 Å². The molecule has 1 aromatic rings. The highest BCUT2D eigenvalue weighted by molar-refractivity contribution is 6.06. The first-order valence-corrected chi connectivity index (χ1v) is 4.98. The van der Waals surface area contributed by atoms with Crippen molar-refractivity contribution in [2.45, 2.75) is 25.2 Å². The van der Waals surface area contributed by atoms with Crippen LogP contribution in [0.5, 0.6) is 0 Å². The molecule has 0 aliphatic carbocycles. The maximum Gasteiger partial charge on any atom is 0.240 e. The highest BCUT2D eigenvalue weighted by Gasteiger charge is 2.48. The van der Waals surface area contributed by atoms with Crippen molar-refractivity contribution in [2.75, 3.05) is 11.9 Å². The van der Waals surface area contributed by atoms with Crippen molar-refractivity contribution < 1.29 is 13.6 Å². The molecule has 5 heteroatoms. The van der Waals surface area contributed by atoms with E-state index in [1.807, 2.05) is 0 Å². The van der Waals surface area contributed by atoms with E-state index in [4.69, 9.17) is 0 Å². The molecule has 0 saturated heterocycles. The van der Waals surface area contributed by atoms with Crippen molar-refractivity contribution in [2.24, 2.45) is 0 Å². The fraction of sp³-hybridized carbons (Fsp3) is 0.455. The molecule has 3 nitrogen and oxygen atoms in total. The largest absolute Gasteiger partial charge is 0.299 e. The minimum atomic E-state index is -2.51. The van der Waals surface area contributed by atoms with Gasteiger partial charge in [0.25, 0.3) is 0 Å². The number of halogens is 2. The lowest BCUT2D eigenvalue weighted by Gasteiger charge is -2.22. The first-order valence-electron chi connectivity index (χ1n) is 4.98. The van der Waals surface area contributed by atoms with Gasteiger partial charge in [-0.05, 0) is 13.0 Å². The van der Waals surface area contributed by atoms with Crippen LogP contribution in [0.25, 0.3) is 0 Å². The summed E-state index contributed by atoms with van der Waals surface area (Å²) in [5.74, 6) is 0.164. The molecule has 86 valence electrons. The van der Waals surface area contributed by atoms with Gasteiger partial charge in [0.1, 0.15) is 5.82 Å². The number of carbonyl (C=O) groups is 1. The molecule has 1 aliphatic heterocycles. The fourth-order valence-electron chi connectivity index (χ4n) is 2.18. The number of anilines is 1. The monoisotopic (exact) mass is 226 g/mol. The van der Waals surface area contributed by atoms with Crippen molar-refractivity contribution in [1.82, 2.24) is 4.98 Å². The molecule has 1 aromatic heterocycles. The second-order valence-corrected chi connectivity index (χ2v) is 4.17. The number of fused-ring (bicyclic) bond motifs is 1. The number of aromatic nitrogens is 1. The Kier molecular flexibility index (Phi) is 2.40. The SMILES string of the molecule is CN1C(=O)C(C)(CC(F)F)c2cccnc21. The fourth-order valence-corrected chi connectivity index (χ4v) is 2.18. The van der Waals surface area contributed by atoms with Crippen molar-refractivity contribution in [1.29, 1.82) is 0 Å². The van der Waals surface area contributed by atoms with E-state index in [1.54, 1.807) is 32.3 Å². The molecular weight excluding hydrogens is 214 g/mol. The Labute approximate surface area is 92.1 Å². The third-order valence-electron chi connectivity index (χ3n) is 3.04. The summed E-state index contributed by atoms with van der Waals surface area (Å²) in [6.07, 6.45) is -1.42. The Balaban J connectivity index is 2.52. The zero-order valence-electron chi connectivity index (χ0n) is 9.08. The third-order valence-corrected chi connectivity index (χ3v) is 3.04. The molecular formula is C11H12F2N2O. The number of nitrogens with zero attached hydrogens (tertiary/aromatic N) is 2. The van der Waals surface area contributed by atoms with Crippen molar-refractivity contribution in [3.8, 4) is 0 Å². The lowest BCUT2D eigenvalue weighted by Crippen LogP contribution is -2.37. The van der Waals surface area contributed by atoms with Gasteiger partial charge in [0.15, 0.2) is 0 Å². The standard InChI is InChI=1S/C11H12F2N2O/c1-11(6-8(12)13)7-4-3-5-14-9(7)15(2)10(11)16/h3-5,8H,6H2,1-2H3. The minimum absolute atomic E-state index is 0.318. The number of amides is 1. The number of hydrogen-bond donors (Lipinski definition) is 0. The highest BCUT2D eigenvalue weighted by atomic mass is 19.3. The van der Waals surface area contributed by atoms with Crippen LogP contribution in [0.1, 0.15) is 18.9 Å². The Morgan fingerprint density at radius 3 is 2.88 bits per heavy atom. The predicted octanol–water partition coefficient (Wildman–Crippen LogP) is 1.97. The second kappa shape index (κ2) is 3.50. The van der Waals surface area contributed by atoms with Crippen LogP contribution in [0, 0.1) is 0 Å². The Bertz CT molecular complexity index is 436. The van der Waals surface area contributed by atoms with E-state index in [9.17, 15) is 13.6 Å². The summed E-state index contributed by atoms with van der Waals surface area (Å²) in [4.78, 5) is 17.4. The van der Waals surface area contributed by atoms with E-state index in [-0.39, 0.29) is 5.91 Å². The lowest BCUT2D eigenvalue weighted by atomic mass is 9.81. The molecule has 1 aliphatic rings. The number of hydrogen-bond acceptors (Lipinski definition) is 2. The normalized spacial score (nSPS) is 24.1. The third kappa shape index (κ3) is 1.38. The minimum Gasteiger partial charge on any atom is -0.299 e. The summed E-state index contributed by atoms with van der Waals surface area (Å²) < 4.78 is 25.1. The maximum atomic E-state index is 12.5. The van der Waals surface area contributed by atoms with Gasteiger partial charge in [-0.15, -0.1) is 0 Å². The molecule has 1 unspecified atom stereocenters. The summed E-state index contributed by atoms with van der Waals surface area (Å²) in [5.41, 5.74) is -0.560. The average Bonchev–Trinajstić information content (AvgIpc) is 2.42. The van der Waals surface area contributed by atoms with Crippen LogP contribution in [-0.2, 0) is 10.2 Å². The average molecular weight is 226 g/mol. The summed E-state index contributed by atoms with van der Waals surface area (Å²) in [6.45, 7) is 1.55. The molecule has 0 saturated carbocycles. The highest BCUT2D eigenvalue weighted by Crippen LogP contribution is 2.42. The van der Waals surface area contributed by atoms with Crippen LogP contribution in [-0.4, -0.2) is 24.4 Å².